The highest BCUT2D eigenvalue weighted by molar-refractivity contribution is 5.62. The molecule has 6 heteroatoms. The highest BCUT2D eigenvalue weighted by Crippen LogP contribution is 2.65. The molecule has 0 aromatic heterocycles. The second-order valence-corrected chi connectivity index (χ2v) is 9.36. The monoisotopic (exact) mass is 370 g/mol. The highest BCUT2D eigenvalue weighted by Gasteiger charge is 2.73. The number of likely N-dealkylation sites (tertiary alicyclic amines) is 1. The molecular formula is C21H26N2O4. The quantitative estimate of drug-likeness (QED) is 0.799. The SMILES string of the molecule is O=N[C@H]1CC[C@@]2(O)[C@H]3Cc4ccc(O)c5c4[C@@]2(CCN3CC2CCC2)[C@H]1O5. The van der Waals surface area contributed by atoms with E-state index < -0.39 is 23.2 Å². The molecule has 0 radical (unpaired) electrons. The topological polar surface area (TPSA) is 82.4 Å². The number of hydrogen-bond acceptors (Lipinski definition) is 6. The Kier molecular flexibility index (Phi) is 3.16. The first-order valence-electron chi connectivity index (χ1n) is 10.4. The molecule has 27 heavy (non-hydrogen) atoms. The van der Waals surface area contributed by atoms with Crippen LogP contribution in [0, 0.1) is 10.8 Å². The fourth-order valence-electron chi connectivity index (χ4n) is 6.94. The van der Waals surface area contributed by atoms with E-state index in [2.05, 4.69) is 10.1 Å². The van der Waals surface area contributed by atoms with Crippen LogP contribution in [0.3, 0.4) is 0 Å². The summed E-state index contributed by atoms with van der Waals surface area (Å²) in [4.78, 5) is 14.1. The number of nitrogens with zero attached hydrogens (tertiary/aromatic N) is 2. The average molecular weight is 370 g/mol. The van der Waals surface area contributed by atoms with Crippen LogP contribution >= 0.6 is 0 Å². The Hall–Kier alpha value is -1.66. The van der Waals surface area contributed by atoms with Gasteiger partial charge in [-0.25, -0.2) is 0 Å². The molecule has 2 aliphatic heterocycles. The molecule has 2 N–H and O–H groups in total. The van der Waals surface area contributed by atoms with Gasteiger partial charge in [-0.3, -0.25) is 4.90 Å². The normalized spacial score (nSPS) is 42.2. The molecule has 6 nitrogen and oxygen atoms in total. The summed E-state index contributed by atoms with van der Waals surface area (Å²) in [6.07, 6.45) is 6.10. The van der Waals surface area contributed by atoms with Crippen LogP contribution in [0.5, 0.6) is 11.5 Å². The number of hydrogen-bond donors (Lipinski definition) is 2. The van der Waals surface area contributed by atoms with E-state index in [4.69, 9.17) is 4.74 Å². The minimum Gasteiger partial charge on any atom is -0.504 e. The molecule has 2 bridgehead atoms. The molecule has 2 heterocycles. The van der Waals surface area contributed by atoms with Crippen LogP contribution < -0.4 is 4.74 Å². The number of piperidine rings is 1. The summed E-state index contributed by atoms with van der Waals surface area (Å²) in [5, 5.41) is 26.0. The van der Waals surface area contributed by atoms with Crippen molar-refractivity contribution in [1.82, 2.24) is 4.90 Å². The Morgan fingerprint density at radius 3 is 2.85 bits per heavy atom. The summed E-state index contributed by atoms with van der Waals surface area (Å²) in [6, 6.07) is 3.26. The summed E-state index contributed by atoms with van der Waals surface area (Å²) in [7, 11) is 0. The van der Waals surface area contributed by atoms with E-state index in [1.807, 2.05) is 6.07 Å². The van der Waals surface area contributed by atoms with Gasteiger partial charge in [0.15, 0.2) is 11.5 Å². The first-order chi connectivity index (χ1) is 13.1. The Morgan fingerprint density at radius 2 is 2.11 bits per heavy atom. The molecule has 1 aromatic rings. The molecule has 3 aliphatic carbocycles. The smallest absolute Gasteiger partial charge is 0.165 e. The molecule has 1 saturated heterocycles. The summed E-state index contributed by atoms with van der Waals surface area (Å²) >= 11 is 0. The second kappa shape index (κ2) is 5.23. The first-order valence-corrected chi connectivity index (χ1v) is 10.4. The maximum Gasteiger partial charge on any atom is 0.165 e. The van der Waals surface area contributed by atoms with Crippen LogP contribution in [0.4, 0.5) is 0 Å². The van der Waals surface area contributed by atoms with Gasteiger partial charge in [-0.15, -0.1) is 0 Å². The van der Waals surface area contributed by atoms with E-state index in [0.29, 0.717) is 18.6 Å². The number of aliphatic hydroxyl groups is 1. The van der Waals surface area contributed by atoms with Gasteiger partial charge in [0.05, 0.1) is 11.0 Å². The van der Waals surface area contributed by atoms with Crippen LogP contribution in [-0.4, -0.2) is 52.0 Å². The van der Waals surface area contributed by atoms with Crippen LogP contribution in [0.2, 0.25) is 0 Å². The van der Waals surface area contributed by atoms with Crippen molar-refractivity contribution in [1.29, 1.82) is 0 Å². The minimum absolute atomic E-state index is 0.0496. The molecule has 6 rings (SSSR count). The molecule has 3 fully saturated rings. The third-order valence-corrected chi connectivity index (χ3v) is 8.39. The van der Waals surface area contributed by atoms with Gasteiger partial charge in [-0.05, 0) is 62.6 Å². The molecule has 1 aromatic carbocycles. The van der Waals surface area contributed by atoms with Gasteiger partial charge < -0.3 is 14.9 Å². The lowest BCUT2D eigenvalue weighted by atomic mass is 9.48. The van der Waals surface area contributed by atoms with Crippen molar-refractivity contribution in [3.05, 3.63) is 28.2 Å². The van der Waals surface area contributed by atoms with Crippen molar-refractivity contribution >= 4 is 0 Å². The number of benzene rings is 1. The van der Waals surface area contributed by atoms with E-state index in [1.54, 1.807) is 6.07 Å². The number of aromatic hydroxyl groups is 1. The highest BCUT2D eigenvalue weighted by atomic mass is 16.5. The summed E-state index contributed by atoms with van der Waals surface area (Å²) in [5.41, 5.74) is 0.576. The third kappa shape index (κ3) is 1.79. The van der Waals surface area contributed by atoms with Gasteiger partial charge in [0.2, 0.25) is 0 Å². The standard InChI is InChI=1S/C21H26N2O4/c24-15-5-4-13-10-16-21(25)7-6-14(22-26)19-20(21,17(13)18(15)27-19)8-9-23(16)11-12-2-1-3-12/h4-5,12,14,16,19,24-25H,1-3,6-11H2/t14-,16+,19-,20-,21+/m0/s1. The second-order valence-electron chi connectivity index (χ2n) is 9.36. The van der Waals surface area contributed by atoms with Crippen LogP contribution in [0.15, 0.2) is 17.3 Å². The van der Waals surface area contributed by atoms with Gasteiger partial charge in [-0.2, -0.15) is 4.91 Å². The molecular weight excluding hydrogens is 344 g/mol. The number of rotatable bonds is 3. The minimum atomic E-state index is -0.924. The van der Waals surface area contributed by atoms with Gasteiger partial charge in [-0.1, -0.05) is 17.7 Å². The Bertz CT molecular complexity index is 825. The first kappa shape index (κ1) is 16.3. The lowest BCUT2D eigenvalue weighted by molar-refractivity contribution is -0.191. The van der Waals surface area contributed by atoms with Crippen LogP contribution in [0.1, 0.15) is 49.7 Å². The van der Waals surface area contributed by atoms with E-state index in [0.717, 1.165) is 43.0 Å². The third-order valence-electron chi connectivity index (χ3n) is 8.39. The zero-order valence-corrected chi connectivity index (χ0v) is 15.4. The largest absolute Gasteiger partial charge is 0.504 e. The van der Waals surface area contributed by atoms with E-state index >= 15 is 0 Å². The lowest BCUT2D eigenvalue weighted by Gasteiger charge is -2.64. The average Bonchev–Trinajstić information content (AvgIpc) is 2.97. The van der Waals surface area contributed by atoms with Crippen LogP contribution in [-0.2, 0) is 11.8 Å². The van der Waals surface area contributed by atoms with Crippen molar-refractivity contribution in [3.63, 3.8) is 0 Å². The van der Waals surface area contributed by atoms with Crippen molar-refractivity contribution in [3.8, 4) is 11.5 Å². The molecule has 0 unspecified atom stereocenters. The molecule has 144 valence electrons. The van der Waals surface area contributed by atoms with E-state index in [1.165, 1.54) is 19.3 Å². The maximum absolute atomic E-state index is 12.1. The van der Waals surface area contributed by atoms with E-state index in [9.17, 15) is 15.1 Å². The van der Waals surface area contributed by atoms with Gasteiger partial charge in [0.25, 0.3) is 0 Å². The van der Waals surface area contributed by atoms with Crippen molar-refractivity contribution in [2.45, 2.75) is 74.1 Å². The molecule has 5 atom stereocenters. The van der Waals surface area contributed by atoms with Gasteiger partial charge in [0, 0.05) is 18.2 Å². The van der Waals surface area contributed by atoms with Crippen molar-refractivity contribution in [2.75, 3.05) is 13.1 Å². The van der Waals surface area contributed by atoms with Crippen molar-refractivity contribution < 1.29 is 14.9 Å². The predicted octanol–water partition coefficient (Wildman–Crippen LogP) is 2.48. The number of ether oxygens (including phenoxy) is 1. The fourth-order valence-corrected chi connectivity index (χ4v) is 6.94. The van der Waals surface area contributed by atoms with Crippen LogP contribution in [0.25, 0.3) is 0 Å². The molecule has 2 saturated carbocycles. The molecule has 0 amide bonds. The summed E-state index contributed by atoms with van der Waals surface area (Å²) in [6.45, 7) is 1.97. The summed E-state index contributed by atoms with van der Waals surface area (Å²) in [5.74, 6) is 1.35. The van der Waals surface area contributed by atoms with Crippen molar-refractivity contribution in [2.24, 2.45) is 11.1 Å². The predicted molar refractivity (Wildman–Crippen MR) is 99.0 cm³/mol. The number of nitroso groups, excluding NO2 is 1. The maximum atomic E-state index is 12.1. The Labute approximate surface area is 158 Å². The Balaban J connectivity index is 1.52. The number of phenolic OH excluding ortho intramolecular Hbond substituents is 1. The van der Waals surface area contributed by atoms with Gasteiger partial charge in [0.1, 0.15) is 12.1 Å². The lowest BCUT2D eigenvalue weighted by Crippen LogP contribution is -2.77. The summed E-state index contributed by atoms with van der Waals surface area (Å²) < 4.78 is 6.20. The molecule has 5 aliphatic rings. The fraction of sp³-hybridized carbons (Fsp3) is 0.714. The molecule has 1 spiro atoms. The number of phenols is 1. The van der Waals surface area contributed by atoms with Gasteiger partial charge >= 0.3 is 0 Å². The Morgan fingerprint density at radius 1 is 1.26 bits per heavy atom. The zero-order valence-electron chi connectivity index (χ0n) is 15.4. The van der Waals surface area contributed by atoms with E-state index in [-0.39, 0.29) is 11.8 Å². The zero-order chi connectivity index (χ0) is 18.4.